The molecule has 0 amide bonds. The van der Waals surface area contributed by atoms with Gasteiger partial charge in [0.1, 0.15) is 0 Å². The van der Waals surface area contributed by atoms with Crippen molar-refractivity contribution in [1.29, 1.82) is 0 Å². The Balaban J connectivity index is 3.47. The second-order valence-corrected chi connectivity index (χ2v) is 4.50. The Kier molecular flexibility index (Phi) is 10.4. The van der Waals surface area contributed by atoms with Crippen molar-refractivity contribution in [1.82, 2.24) is 5.32 Å². The lowest BCUT2D eigenvalue weighted by Crippen LogP contribution is -2.30. The quantitative estimate of drug-likeness (QED) is 0.564. The molecule has 0 aromatic carbocycles. The first kappa shape index (κ1) is 14.9. The first-order valence-corrected chi connectivity index (χ1v) is 6.55. The van der Waals surface area contributed by atoms with Crippen LogP contribution in [0, 0.1) is 0 Å². The van der Waals surface area contributed by atoms with Crippen LogP contribution in [0.1, 0.15) is 59.8 Å². The van der Waals surface area contributed by atoms with Gasteiger partial charge in [0.05, 0.1) is 6.10 Å². The zero-order valence-corrected chi connectivity index (χ0v) is 11.0. The summed E-state index contributed by atoms with van der Waals surface area (Å²) < 4.78 is 5.55. The van der Waals surface area contributed by atoms with Crippen LogP contribution in [0.2, 0.25) is 0 Å². The summed E-state index contributed by atoms with van der Waals surface area (Å²) in [5.74, 6) is 0. The van der Waals surface area contributed by atoms with Crippen LogP contribution in [-0.2, 0) is 4.74 Å². The summed E-state index contributed by atoms with van der Waals surface area (Å²) in [6.45, 7) is 10.7. The molecule has 0 heterocycles. The molecule has 2 heteroatoms. The first-order valence-electron chi connectivity index (χ1n) is 6.55. The van der Waals surface area contributed by atoms with E-state index in [0.29, 0.717) is 12.1 Å². The molecule has 0 aliphatic rings. The van der Waals surface area contributed by atoms with Gasteiger partial charge in [0, 0.05) is 12.6 Å². The maximum atomic E-state index is 5.55. The van der Waals surface area contributed by atoms with Crippen LogP contribution in [0.25, 0.3) is 0 Å². The smallest absolute Gasteiger partial charge is 0.0518 e. The van der Waals surface area contributed by atoms with Gasteiger partial charge < -0.3 is 10.1 Å². The third-order valence-corrected chi connectivity index (χ3v) is 2.47. The molecular weight excluding hydrogens is 186 g/mol. The molecule has 1 N–H and O–H groups in total. The third-order valence-electron chi connectivity index (χ3n) is 2.47. The van der Waals surface area contributed by atoms with E-state index >= 15 is 0 Å². The van der Waals surface area contributed by atoms with Crippen LogP contribution in [-0.4, -0.2) is 25.3 Å². The van der Waals surface area contributed by atoms with E-state index < -0.39 is 0 Å². The lowest BCUT2D eigenvalue weighted by molar-refractivity contribution is 0.0743. The topological polar surface area (TPSA) is 21.3 Å². The molecule has 92 valence electrons. The minimum atomic E-state index is 0.373. The molecule has 0 aromatic rings. The van der Waals surface area contributed by atoms with Gasteiger partial charge in [-0.2, -0.15) is 0 Å². The summed E-state index contributed by atoms with van der Waals surface area (Å²) in [4.78, 5) is 0. The van der Waals surface area contributed by atoms with Gasteiger partial charge in [0.25, 0.3) is 0 Å². The minimum absolute atomic E-state index is 0.373. The lowest BCUT2D eigenvalue weighted by atomic mass is 10.1. The highest BCUT2D eigenvalue weighted by molar-refractivity contribution is 4.65. The molecule has 1 unspecified atom stereocenters. The van der Waals surface area contributed by atoms with Crippen molar-refractivity contribution in [3.8, 4) is 0 Å². The molecule has 0 saturated heterocycles. The van der Waals surface area contributed by atoms with E-state index in [1.807, 2.05) is 0 Å². The number of nitrogens with one attached hydrogen (secondary N) is 1. The fourth-order valence-corrected chi connectivity index (χ4v) is 1.69. The number of hydrogen-bond donors (Lipinski definition) is 1. The van der Waals surface area contributed by atoms with Crippen molar-refractivity contribution in [2.75, 3.05) is 13.2 Å². The predicted octanol–water partition coefficient (Wildman–Crippen LogP) is 3.36. The normalized spacial score (nSPS) is 13.4. The van der Waals surface area contributed by atoms with Crippen LogP contribution >= 0.6 is 0 Å². The second kappa shape index (κ2) is 10.4. The minimum Gasteiger partial charge on any atom is -0.379 e. The summed E-state index contributed by atoms with van der Waals surface area (Å²) in [5, 5.41) is 3.60. The Hall–Kier alpha value is -0.0800. The third kappa shape index (κ3) is 10.2. The molecule has 0 aromatic heterocycles. The summed E-state index contributed by atoms with van der Waals surface area (Å²) in [7, 11) is 0. The van der Waals surface area contributed by atoms with Crippen LogP contribution in [0.3, 0.4) is 0 Å². The second-order valence-electron chi connectivity index (χ2n) is 4.50. The van der Waals surface area contributed by atoms with Crippen molar-refractivity contribution < 1.29 is 4.74 Å². The standard InChI is InChI=1S/C13H29NO/c1-5-8-13(14-10-6-2)9-7-11-15-12(3)4/h12-14H,5-11H2,1-4H3. The Morgan fingerprint density at radius 3 is 2.33 bits per heavy atom. The fourth-order valence-electron chi connectivity index (χ4n) is 1.69. The van der Waals surface area contributed by atoms with Crippen LogP contribution in [0.4, 0.5) is 0 Å². The zero-order valence-electron chi connectivity index (χ0n) is 11.0. The van der Waals surface area contributed by atoms with Gasteiger partial charge in [-0.15, -0.1) is 0 Å². The van der Waals surface area contributed by atoms with Gasteiger partial charge in [0.2, 0.25) is 0 Å². The van der Waals surface area contributed by atoms with E-state index in [9.17, 15) is 0 Å². The Labute approximate surface area is 95.8 Å². The Bertz CT molecular complexity index is 126. The largest absolute Gasteiger partial charge is 0.379 e. The van der Waals surface area contributed by atoms with Gasteiger partial charge in [-0.3, -0.25) is 0 Å². The van der Waals surface area contributed by atoms with E-state index in [2.05, 4.69) is 33.0 Å². The highest BCUT2D eigenvalue weighted by atomic mass is 16.5. The average Bonchev–Trinajstić information content (AvgIpc) is 2.20. The SMILES string of the molecule is CCCNC(CCC)CCCOC(C)C. The van der Waals surface area contributed by atoms with Crippen LogP contribution in [0.15, 0.2) is 0 Å². The maximum Gasteiger partial charge on any atom is 0.0518 e. The molecule has 0 aliphatic carbocycles. The van der Waals surface area contributed by atoms with Crippen LogP contribution in [0.5, 0.6) is 0 Å². The van der Waals surface area contributed by atoms with E-state index in [4.69, 9.17) is 4.74 Å². The molecule has 1 atom stereocenters. The molecule has 0 radical (unpaired) electrons. The molecule has 15 heavy (non-hydrogen) atoms. The van der Waals surface area contributed by atoms with Gasteiger partial charge in [-0.25, -0.2) is 0 Å². The highest BCUT2D eigenvalue weighted by Gasteiger charge is 2.05. The lowest BCUT2D eigenvalue weighted by Gasteiger charge is -2.18. The number of rotatable bonds is 10. The molecule has 0 rings (SSSR count). The molecular formula is C13H29NO. The van der Waals surface area contributed by atoms with Crippen LogP contribution < -0.4 is 5.32 Å². The zero-order chi connectivity index (χ0) is 11.5. The predicted molar refractivity (Wildman–Crippen MR) is 67.3 cm³/mol. The van der Waals surface area contributed by atoms with E-state index in [1.54, 1.807) is 0 Å². The van der Waals surface area contributed by atoms with E-state index in [0.717, 1.165) is 13.2 Å². The Morgan fingerprint density at radius 1 is 1.07 bits per heavy atom. The summed E-state index contributed by atoms with van der Waals surface area (Å²) in [5.41, 5.74) is 0. The van der Waals surface area contributed by atoms with Crippen molar-refractivity contribution in [3.63, 3.8) is 0 Å². The highest BCUT2D eigenvalue weighted by Crippen LogP contribution is 2.05. The molecule has 0 saturated carbocycles. The summed E-state index contributed by atoms with van der Waals surface area (Å²) in [6.07, 6.45) is 6.59. The van der Waals surface area contributed by atoms with Crippen molar-refractivity contribution in [3.05, 3.63) is 0 Å². The molecule has 0 bridgehead atoms. The fraction of sp³-hybridized carbons (Fsp3) is 1.00. The molecule has 0 spiro atoms. The van der Waals surface area contributed by atoms with Crippen molar-refractivity contribution in [2.45, 2.75) is 71.9 Å². The van der Waals surface area contributed by atoms with Gasteiger partial charge in [0.15, 0.2) is 0 Å². The summed E-state index contributed by atoms with van der Waals surface area (Å²) in [6, 6.07) is 0.700. The Morgan fingerprint density at radius 2 is 1.80 bits per heavy atom. The average molecular weight is 215 g/mol. The number of hydrogen-bond acceptors (Lipinski definition) is 2. The molecule has 0 fully saturated rings. The van der Waals surface area contributed by atoms with Gasteiger partial charge in [-0.05, 0) is 46.1 Å². The van der Waals surface area contributed by atoms with Gasteiger partial charge in [-0.1, -0.05) is 20.3 Å². The van der Waals surface area contributed by atoms with E-state index in [-0.39, 0.29) is 0 Å². The van der Waals surface area contributed by atoms with Crippen molar-refractivity contribution >= 4 is 0 Å². The van der Waals surface area contributed by atoms with E-state index in [1.165, 1.54) is 32.1 Å². The number of ether oxygens (including phenoxy) is 1. The molecule has 0 aliphatic heterocycles. The maximum absolute atomic E-state index is 5.55. The van der Waals surface area contributed by atoms with Gasteiger partial charge >= 0.3 is 0 Å². The first-order chi connectivity index (χ1) is 7.20. The summed E-state index contributed by atoms with van der Waals surface area (Å²) >= 11 is 0. The van der Waals surface area contributed by atoms with Crippen molar-refractivity contribution in [2.24, 2.45) is 0 Å². The monoisotopic (exact) mass is 215 g/mol. The molecule has 2 nitrogen and oxygen atoms in total.